The molecule has 4 heteroatoms. The molecule has 0 bridgehead atoms. The van der Waals surface area contributed by atoms with Gasteiger partial charge in [0.05, 0.1) is 11.5 Å². The highest BCUT2D eigenvalue weighted by atomic mass is 79.9. The first-order chi connectivity index (χ1) is 9.63. The topological polar surface area (TPSA) is 33.0 Å². The summed E-state index contributed by atoms with van der Waals surface area (Å²) in [5, 5.41) is 9.32. The molecule has 20 heavy (non-hydrogen) atoms. The summed E-state index contributed by atoms with van der Waals surface area (Å²) >= 11 is 3.24. The fraction of sp³-hybridized carbons (Fsp3) is 0.188. The van der Waals surface area contributed by atoms with Crippen LogP contribution < -0.4 is 4.74 Å². The van der Waals surface area contributed by atoms with E-state index in [0.717, 1.165) is 18.4 Å². The molecule has 0 aromatic heterocycles. The van der Waals surface area contributed by atoms with Gasteiger partial charge in [0.1, 0.15) is 17.3 Å². The minimum absolute atomic E-state index is 0.367. The molecule has 0 spiro atoms. The normalized spacial score (nSPS) is 15.4. The van der Waals surface area contributed by atoms with Crippen molar-refractivity contribution < 1.29 is 9.13 Å². The molecular formula is C16H11BrFNO. The first kappa shape index (κ1) is 13.1. The van der Waals surface area contributed by atoms with Gasteiger partial charge in [-0.2, -0.15) is 5.26 Å². The molecule has 0 saturated heterocycles. The Hall–Kier alpha value is -1.86. The van der Waals surface area contributed by atoms with Gasteiger partial charge in [-0.1, -0.05) is 34.1 Å². The summed E-state index contributed by atoms with van der Waals surface area (Å²) in [6.45, 7) is 0. The van der Waals surface area contributed by atoms with Crippen LogP contribution in [0.2, 0.25) is 0 Å². The zero-order valence-electron chi connectivity index (χ0n) is 10.6. The number of rotatable bonds is 3. The lowest BCUT2D eigenvalue weighted by molar-refractivity contribution is 0.467. The summed E-state index contributed by atoms with van der Waals surface area (Å²) in [6.07, 6.45) is 1.69. The third-order valence-electron chi connectivity index (χ3n) is 3.43. The monoisotopic (exact) mass is 331 g/mol. The molecule has 0 aliphatic heterocycles. The minimum Gasteiger partial charge on any atom is -0.457 e. The Morgan fingerprint density at radius 3 is 2.60 bits per heavy atom. The van der Waals surface area contributed by atoms with E-state index in [0.29, 0.717) is 16.0 Å². The second-order valence-electron chi connectivity index (χ2n) is 4.90. The quantitative estimate of drug-likeness (QED) is 0.798. The number of para-hydroxylation sites is 1. The smallest absolute Gasteiger partial charge is 0.132 e. The van der Waals surface area contributed by atoms with Crippen molar-refractivity contribution in [2.24, 2.45) is 0 Å². The van der Waals surface area contributed by atoms with Gasteiger partial charge in [0.15, 0.2) is 0 Å². The predicted molar refractivity (Wildman–Crippen MR) is 77.1 cm³/mol. The van der Waals surface area contributed by atoms with Crippen LogP contribution in [-0.2, 0) is 5.41 Å². The maximum atomic E-state index is 13.4. The predicted octanol–water partition coefficient (Wildman–Crippen LogP) is 4.94. The van der Waals surface area contributed by atoms with Crippen molar-refractivity contribution in [2.75, 3.05) is 0 Å². The van der Waals surface area contributed by atoms with Crippen LogP contribution >= 0.6 is 15.9 Å². The summed E-state index contributed by atoms with van der Waals surface area (Å²) in [6, 6.07) is 14.2. The zero-order chi connectivity index (χ0) is 14.2. The van der Waals surface area contributed by atoms with E-state index in [2.05, 4.69) is 22.0 Å². The Morgan fingerprint density at radius 1 is 1.20 bits per heavy atom. The Balaban J connectivity index is 1.98. The van der Waals surface area contributed by atoms with E-state index < -0.39 is 5.41 Å². The van der Waals surface area contributed by atoms with Crippen LogP contribution in [0.1, 0.15) is 18.4 Å². The van der Waals surface area contributed by atoms with Crippen molar-refractivity contribution in [1.29, 1.82) is 5.26 Å². The molecule has 0 radical (unpaired) electrons. The number of hydrogen-bond donors (Lipinski definition) is 0. The number of halogens is 2. The molecule has 2 aromatic rings. The maximum Gasteiger partial charge on any atom is 0.132 e. The van der Waals surface area contributed by atoms with Gasteiger partial charge in [0, 0.05) is 16.1 Å². The van der Waals surface area contributed by atoms with Gasteiger partial charge in [0.2, 0.25) is 0 Å². The summed E-state index contributed by atoms with van der Waals surface area (Å²) < 4.78 is 19.8. The third-order valence-corrected chi connectivity index (χ3v) is 3.89. The van der Waals surface area contributed by atoms with E-state index in [1.54, 1.807) is 6.07 Å². The average molecular weight is 332 g/mol. The lowest BCUT2D eigenvalue weighted by Gasteiger charge is -2.14. The van der Waals surface area contributed by atoms with Gasteiger partial charge < -0.3 is 4.74 Å². The second-order valence-corrected chi connectivity index (χ2v) is 5.81. The molecule has 1 saturated carbocycles. The molecule has 100 valence electrons. The highest BCUT2D eigenvalue weighted by Crippen LogP contribution is 2.51. The third kappa shape index (κ3) is 2.41. The number of hydrogen-bond acceptors (Lipinski definition) is 2. The summed E-state index contributed by atoms with van der Waals surface area (Å²) in [5.41, 5.74) is 0.448. The molecule has 1 aliphatic carbocycles. The van der Waals surface area contributed by atoms with Crippen LogP contribution in [0.4, 0.5) is 4.39 Å². The lowest BCUT2D eigenvalue weighted by atomic mass is 9.97. The Kier molecular flexibility index (Phi) is 3.23. The molecule has 1 fully saturated rings. The van der Waals surface area contributed by atoms with Gasteiger partial charge in [0.25, 0.3) is 0 Å². The van der Waals surface area contributed by atoms with Crippen molar-refractivity contribution in [3.8, 4) is 17.6 Å². The van der Waals surface area contributed by atoms with Crippen molar-refractivity contribution in [1.82, 2.24) is 0 Å². The van der Waals surface area contributed by atoms with Crippen molar-refractivity contribution >= 4 is 15.9 Å². The minimum atomic E-state index is -0.429. The molecule has 2 aromatic carbocycles. The van der Waals surface area contributed by atoms with Crippen LogP contribution in [0, 0.1) is 17.1 Å². The van der Waals surface area contributed by atoms with Crippen LogP contribution in [0.3, 0.4) is 0 Å². The first-order valence-corrected chi connectivity index (χ1v) is 7.07. The molecule has 3 rings (SSSR count). The van der Waals surface area contributed by atoms with Gasteiger partial charge >= 0.3 is 0 Å². The molecule has 0 N–H and O–H groups in total. The van der Waals surface area contributed by atoms with Crippen LogP contribution in [0.5, 0.6) is 11.5 Å². The van der Waals surface area contributed by atoms with Crippen molar-refractivity contribution in [2.45, 2.75) is 18.3 Å². The number of ether oxygens (including phenoxy) is 1. The van der Waals surface area contributed by atoms with E-state index in [9.17, 15) is 9.65 Å². The highest BCUT2D eigenvalue weighted by molar-refractivity contribution is 9.10. The Labute approximate surface area is 124 Å². The van der Waals surface area contributed by atoms with Gasteiger partial charge in [-0.05, 0) is 31.0 Å². The number of nitrogens with zero attached hydrogens (tertiary/aromatic N) is 1. The van der Waals surface area contributed by atoms with Gasteiger partial charge in [-0.15, -0.1) is 0 Å². The summed E-state index contributed by atoms with van der Waals surface area (Å²) in [5.74, 6) is 0.662. The molecule has 0 heterocycles. The van der Waals surface area contributed by atoms with Crippen molar-refractivity contribution in [3.05, 3.63) is 58.3 Å². The Bertz CT molecular complexity index is 684. The molecule has 1 aliphatic rings. The molecule has 0 atom stereocenters. The molecular weight excluding hydrogens is 321 g/mol. The second kappa shape index (κ2) is 4.92. The van der Waals surface area contributed by atoms with Gasteiger partial charge in [-0.3, -0.25) is 0 Å². The van der Waals surface area contributed by atoms with E-state index in [4.69, 9.17) is 4.74 Å². The standard InChI is InChI=1S/C16H11BrFNO/c17-11-7-12(18)9-13(8-11)20-15-4-2-1-3-14(15)16(10-19)5-6-16/h1-4,7-9H,5-6H2. The molecule has 0 amide bonds. The largest absolute Gasteiger partial charge is 0.457 e. The zero-order valence-corrected chi connectivity index (χ0v) is 12.2. The van der Waals surface area contributed by atoms with E-state index in [1.807, 2.05) is 24.3 Å². The van der Waals surface area contributed by atoms with E-state index in [-0.39, 0.29) is 5.82 Å². The van der Waals surface area contributed by atoms with E-state index >= 15 is 0 Å². The highest BCUT2D eigenvalue weighted by Gasteiger charge is 2.46. The number of benzene rings is 2. The van der Waals surface area contributed by atoms with Gasteiger partial charge in [-0.25, -0.2) is 4.39 Å². The fourth-order valence-electron chi connectivity index (χ4n) is 2.23. The van der Waals surface area contributed by atoms with Crippen LogP contribution in [0.25, 0.3) is 0 Å². The summed E-state index contributed by atoms with van der Waals surface area (Å²) in [4.78, 5) is 0. The van der Waals surface area contributed by atoms with Crippen LogP contribution in [-0.4, -0.2) is 0 Å². The van der Waals surface area contributed by atoms with E-state index in [1.165, 1.54) is 12.1 Å². The van der Waals surface area contributed by atoms with Crippen molar-refractivity contribution in [3.63, 3.8) is 0 Å². The molecule has 0 unspecified atom stereocenters. The average Bonchev–Trinajstić information content (AvgIpc) is 3.19. The van der Waals surface area contributed by atoms with Crippen LogP contribution in [0.15, 0.2) is 46.9 Å². The lowest BCUT2D eigenvalue weighted by Crippen LogP contribution is -2.04. The first-order valence-electron chi connectivity index (χ1n) is 6.28. The fourth-order valence-corrected chi connectivity index (χ4v) is 2.68. The number of nitriles is 1. The SMILES string of the molecule is N#CC1(c2ccccc2Oc2cc(F)cc(Br)c2)CC1. The molecule has 2 nitrogen and oxygen atoms in total. The summed E-state index contributed by atoms with van der Waals surface area (Å²) in [7, 11) is 0. The maximum absolute atomic E-state index is 13.4. The Morgan fingerprint density at radius 2 is 1.95 bits per heavy atom.